The topological polar surface area (TPSA) is 63.4 Å². The molecule has 6 heteroatoms. The second-order valence-corrected chi connectivity index (χ2v) is 5.52. The highest BCUT2D eigenvalue weighted by atomic mass is 16.2. The number of nitrogens with zero attached hydrogens (tertiary/aromatic N) is 5. The van der Waals surface area contributed by atoms with Crippen LogP contribution < -0.4 is 4.90 Å². The first-order valence-corrected chi connectivity index (χ1v) is 7.29. The summed E-state index contributed by atoms with van der Waals surface area (Å²) in [5, 5.41) is 7.97. The SMILES string of the molecule is Cc1cc(-c2ccc3nc(N4CCCC4=O)cn3c2)cnn1. The van der Waals surface area contributed by atoms with Crippen molar-refractivity contribution in [3.8, 4) is 11.1 Å². The van der Waals surface area contributed by atoms with E-state index < -0.39 is 0 Å². The van der Waals surface area contributed by atoms with Gasteiger partial charge >= 0.3 is 0 Å². The van der Waals surface area contributed by atoms with Gasteiger partial charge in [0.15, 0.2) is 5.82 Å². The Labute approximate surface area is 127 Å². The van der Waals surface area contributed by atoms with E-state index in [1.54, 1.807) is 11.1 Å². The number of hydrogen-bond acceptors (Lipinski definition) is 4. The quantitative estimate of drug-likeness (QED) is 0.727. The Morgan fingerprint density at radius 1 is 1.18 bits per heavy atom. The lowest BCUT2D eigenvalue weighted by atomic mass is 10.1. The number of amides is 1. The molecule has 0 atom stereocenters. The van der Waals surface area contributed by atoms with E-state index in [1.807, 2.05) is 41.9 Å². The number of anilines is 1. The summed E-state index contributed by atoms with van der Waals surface area (Å²) in [7, 11) is 0. The Hall–Kier alpha value is -2.76. The fraction of sp³-hybridized carbons (Fsp3) is 0.250. The van der Waals surface area contributed by atoms with Gasteiger partial charge in [0.2, 0.25) is 5.91 Å². The van der Waals surface area contributed by atoms with E-state index in [1.165, 1.54) is 0 Å². The number of imidazole rings is 1. The second kappa shape index (κ2) is 4.91. The predicted molar refractivity (Wildman–Crippen MR) is 82.5 cm³/mol. The van der Waals surface area contributed by atoms with E-state index in [9.17, 15) is 4.79 Å². The van der Waals surface area contributed by atoms with E-state index in [0.29, 0.717) is 6.42 Å². The molecule has 3 aromatic rings. The lowest BCUT2D eigenvalue weighted by Gasteiger charge is -2.10. The fourth-order valence-electron chi connectivity index (χ4n) is 2.80. The Balaban J connectivity index is 1.76. The van der Waals surface area contributed by atoms with Crippen LogP contribution in [0.3, 0.4) is 0 Å². The van der Waals surface area contributed by atoms with E-state index in [4.69, 9.17) is 0 Å². The molecule has 3 aromatic heterocycles. The number of hydrogen-bond donors (Lipinski definition) is 0. The largest absolute Gasteiger partial charge is 0.304 e. The maximum absolute atomic E-state index is 11.8. The standard InChI is InChI=1S/C16H15N5O/c1-11-7-13(8-17-19-11)12-4-5-14-18-15(10-20(14)9-12)21-6-2-3-16(21)22/h4-5,7-10H,2-3,6H2,1H3. The van der Waals surface area contributed by atoms with Gasteiger partial charge in [0, 0.05) is 30.3 Å². The van der Waals surface area contributed by atoms with Gasteiger partial charge in [-0.05, 0) is 31.5 Å². The van der Waals surface area contributed by atoms with E-state index in [2.05, 4.69) is 15.2 Å². The minimum Gasteiger partial charge on any atom is -0.304 e. The molecule has 0 bridgehead atoms. The molecule has 1 aliphatic rings. The number of carbonyl (C=O) groups is 1. The van der Waals surface area contributed by atoms with Gasteiger partial charge < -0.3 is 4.40 Å². The average Bonchev–Trinajstić information content (AvgIpc) is 3.11. The summed E-state index contributed by atoms with van der Waals surface area (Å²) < 4.78 is 1.95. The summed E-state index contributed by atoms with van der Waals surface area (Å²) in [5.74, 6) is 0.876. The van der Waals surface area contributed by atoms with Gasteiger partial charge in [-0.15, -0.1) is 0 Å². The van der Waals surface area contributed by atoms with Gasteiger partial charge in [-0.1, -0.05) is 0 Å². The third-order valence-electron chi connectivity index (χ3n) is 3.90. The van der Waals surface area contributed by atoms with E-state index >= 15 is 0 Å². The smallest absolute Gasteiger partial charge is 0.228 e. The van der Waals surface area contributed by atoms with E-state index in [0.717, 1.165) is 41.3 Å². The van der Waals surface area contributed by atoms with Gasteiger partial charge in [0.25, 0.3) is 0 Å². The molecular weight excluding hydrogens is 278 g/mol. The molecule has 110 valence electrons. The average molecular weight is 293 g/mol. The number of carbonyl (C=O) groups excluding carboxylic acids is 1. The molecule has 1 saturated heterocycles. The van der Waals surface area contributed by atoms with Crippen molar-refractivity contribution in [2.45, 2.75) is 19.8 Å². The maximum atomic E-state index is 11.8. The summed E-state index contributed by atoms with van der Waals surface area (Å²) in [6.07, 6.45) is 7.17. The first-order chi connectivity index (χ1) is 10.7. The second-order valence-electron chi connectivity index (χ2n) is 5.52. The number of aryl methyl sites for hydroxylation is 1. The zero-order chi connectivity index (χ0) is 15.1. The Kier molecular flexibility index (Phi) is 2.89. The highest BCUT2D eigenvalue weighted by Crippen LogP contribution is 2.24. The third-order valence-corrected chi connectivity index (χ3v) is 3.90. The van der Waals surface area contributed by atoms with Crippen LogP contribution in [0.2, 0.25) is 0 Å². The molecule has 0 aliphatic carbocycles. The molecule has 1 amide bonds. The predicted octanol–water partition coefficient (Wildman–Crippen LogP) is 2.23. The molecule has 1 fully saturated rings. The van der Waals surface area contributed by atoms with Crippen molar-refractivity contribution < 1.29 is 4.79 Å². The Morgan fingerprint density at radius 3 is 2.86 bits per heavy atom. The first kappa shape index (κ1) is 12.9. The van der Waals surface area contributed by atoms with Crippen molar-refractivity contribution >= 4 is 17.4 Å². The molecular formula is C16H15N5O. The van der Waals surface area contributed by atoms with Crippen LogP contribution in [0.1, 0.15) is 18.5 Å². The number of fused-ring (bicyclic) bond motifs is 1. The van der Waals surface area contributed by atoms with Crippen molar-refractivity contribution in [2.75, 3.05) is 11.4 Å². The first-order valence-electron chi connectivity index (χ1n) is 7.29. The molecule has 1 aliphatic heterocycles. The van der Waals surface area contributed by atoms with Crippen LogP contribution in [-0.2, 0) is 4.79 Å². The van der Waals surface area contributed by atoms with Gasteiger partial charge in [0.1, 0.15) is 5.65 Å². The van der Waals surface area contributed by atoms with Crippen LogP contribution in [0.5, 0.6) is 0 Å². The van der Waals surface area contributed by atoms with Gasteiger partial charge in [-0.2, -0.15) is 10.2 Å². The number of pyridine rings is 1. The summed E-state index contributed by atoms with van der Waals surface area (Å²) in [6.45, 7) is 2.67. The molecule has 6 nitrogen and oxygen atoms in total. The molecule has 4 heterocycles. The highest BCUT2D eigenvalue weighted by molar-refractivity contribution is 5.94. The Morgan fingerprint density at radius 2 is 2.09 bits per heavy atom. The summed E-state index contributed by atoms with van der Waals surface area (Å²) in [5.41, 5.74) is 3.77. The summed E-state index contributed by atoms with van der Waals surface area (Å²) in [6, 6.07) is 5.96. The van der Waals surface area contributed by atoms with Gasteiger partial charge in [-0.25, -0.2) is 4.98 Å². The molecule has 0 N–H and O–H groups in total. The van der Waals surface area contributed by atoms with Crippen LogP contribution in [0, 0.1) is 6.92 Å². The summed E-state index contributed by atoms with van der Waals surface area (Å²) in [4.78, 5) is 18.1. The van der Waals surface area contributed by atoms with Gasteiger partial charge in [0.05, 0.1) is 18.1 Å². The van der Waals surface area contributed by atoms with Gasteiger partial charge in [-0.3, -0.25) is 9.69 Å². The van der Waals surface area contributed by atoms with Crippen LogP contribution in [0.25, 0.3) is 16.8 Å². The normalized spacial score (nSPS) is 15.0. The van der Waals surface area contributed by atoms with Crippen molar-refractivity contribution in [3.63, 3.8) is 0 Å². The van der Waals surface area contributed by atoms with Crippen molar-refractivity contribution in [1.82, 2.24) is 19.6 Å². The minimum absolute atomic E-state index is 0.151. The van der Waals surface area contributed by atoms with Crippen LogP contribution in [0.15, 0.2) is 36.8 Å². The molecule has 22 heavy (non-hydrogen) atoms. The van der Waals surface area contributed by atoms with Crippen LogP contribution >= 0.6 is 0 Å². The van der Waals surface area contributed by atoms with Crippen molar-refractivity contribution in [3.05, 3.63) is 42.5 Å². The number of rotatable bonds is 2. The third kappa shape index (κ3) is 2.13. The van der Waals surface area contributed by atoms with Crippen molar-refractivity contribution in [2.24, 2.45) is 0 Å². The van der Waals surface area contributed by atoms with Crippen LogP contribution in [-0.4, -0.2) is 32.0 Å². The molecule has 0 unspecified atom stereocenters. The molecule has 0 saturated carbocycles. The maximum Gasteiger partial charge on any atom is 0.228 e. The summed E-state index contributed by atoms with van der Waals surface area (Å²) >= 11 is 0. The van der Waals surface area contributed by atoms with Crippen LogP contribution in [0.4, 0.5) is 5.82 Å². The lowest BCUT2D eigenvalue weighted by Crippen LogP contribution is -2.23. The van der Waals surface area contributed by atoms with E-state index in [-0.39, 0.29) is 5.91 Å². The molecule has 0 spiro atoms. The van der Waals surface area contributed by atoms with Crippen molar-refractivity contribution in [1.29, 1.82) is 0 Å². The molecule has 0 aromatic carbocycles. The lowest BCUT2D eigenvalue weighted by molar-refractivity contribution is -0.117. The molecule has 4 rings (SSSR count). The number of aromatic nitrogens is 4. The Bertz CT molecular complexity index is 870. The highest BCUT2D eigenvalue weighted by Gasteiger charge is 2.23. The fourth-order valence-corrected chi connectivity index (χ4v) is 2.80. The zero-order valence-electron chi connectivity index (χ0n) is 12.2. The monoisotopic (exact) mass is 293 g/mol. The minimum atomic E-state index is 0.151. The molecule has 0 radical (unpaired) electrons. The zero-order valence-corrected chi connectivity index (χ0v) is 12.2.